The van der Waals surface area contributed by atoms with E-state index >= 15 is 0 Å². The molecular formula is C6H14O4S2. The summed E-state index contributed by atoms with van der Waals surface area (Å²) in [5.41, 5.74) is 0. The zero-order valence-corrected chi connectivity index (χ0v) is 8.22. The molecule has 4 N–H and O–H groups in total. The second-order valence-electron chi connectivity index (χ2n) is 2.24. The molecule has 0 saturated heterocycles. The van der Waals surface area contributed by atoms with Gasteiger partial charge in [-0.2, -0.15) is 0 Å². The summed E-state index contributed by atoms with van der Waals surface area (Å²) in [5, 5.41) is 34.6. The number of aliphatic hydroxyl groups excluding tert-OH is 4. The maximum atomic E-state index is 8.88. The fraction of sp³-hybridized carbons (Fsp3) is 1.00. The predicted octanol–water partition coefficient (Wildman–Crippen LogP) is -0.926. The Labute approximate surface area is 79.4 Å². The van der Waals surface area contributed by atoms with Crippen molar-refractivity contribution in [2.45, 2.75) is 12.2 Å². The van der Waals surface area contributed by atoms with Crippen LogP contribution in [0.15, 0.2) is 0 Å². The van der Waals surface area contributed by atoms with Gasteiger partial charge in [0, 0.05) is 11.5 Å². The normalized spacial score (nSPS) is 16.0. The predicted molar refractivity (Wildman–Crippen MR) is 51.1 cm³/mol. The van der Waals surface area contributed by atoms with Crippen molar-refractivity contribution in [2.75, 3.05) is 24.7 Å². The van der Waals surface area contributed by atoms with Crippen LogP contribution < -0.4 is 0 Å². The SMILES string of the molecule is OCC(O)CSSCC(O)CO. The molecule has 2 atom stereocenters. The van der Waals surface area contributed by atoms with E-state index in [4.69, 9.17) is 20.4 Å². The standard InChI is InChI=1S/C6H14O4S2/c7-1-5(9)3-11-12-4-6(10)2-8/h5-10H,1-4H2. The number of aliphatic hydroxyl groups is 4. The van der Waals surface area contributed by atoms with Crippen molar-refractivity contribution in [3.63, 3.8) is 0 Å². The molecule has 0 aliphatic rings. The average molecular weight is 214 g/mol. The van der Waals surface area contributed by atoms with Crippen molar-refractivity contribution in [3.05, 3.63) is 0 Å². The first-order chi connectivity index (χ1) is 5.70. The summed E-state index contributed by atoms with van der Waals surface area (Å²) in [5.74, 6) is 0.860. The zero-order chi connectivity index (χ0) is 9.40. The maximum Gasteiger partial charge on any atom is 0.0869 e. The van der Waals surface area contributed by atoms with Crippen molar-refractivity contribution in [1.82, 2.24) is 0 Å². The minimum absolute atomic E-state index is 0.240. The second-order valence-corrected chi connectivity index (χ2v) is 4.79. The third kappa shape index (κ3) is 7.20. The molecule has 0 aromatic heterocycles. The van der Waals surface area contributed by atoms with E-state index in [1.54, 1.807) is 0 Å². The van der Waals surface area contributed by atoms with Crippen LogP contribution in [-0.2, 0) is 0 Å². The second kappa shape index (κ2) is 8.15. The van der Waals surface area contributed by atoms with Gasteiger partial charge >= 0.3 is 0 Å². The van der Waals surface area contributed by atoms with Crippen LogP contribution in [-0.4, -0.2) is 57.4 Å². The third-order valence-electron chi connectivity index (χ3n) is 1.03. The Kier molecular flexibility index (Phi) is 8.52. The molecule has 0 spiro atoms. The Bertz CT molecular complexity index is 91.5. The molecule has 0 amide bonds. The lowest BCUT2D eigenvalue weighted by molar-refractivity contribution is 0.113. The van der Waals surface area contributed by atoms with Crippen LogP contribution in [0.4, 0.5) is 0 Å². The number of hydrogen-bond acceptors (Lipinski definition) is 6. The lowest BCUT2D eigenvalue weighted by Crippen LogP contribution is -2.16. The van der Waals surface area contributed by atoms with Gasteiger partial charge in [0.2, 0.25) is 0 Å². The van der Waals surface area contributed by atoms with Crippen LogP contribution in [0.25, 0.3) is 0 Å². The van der Waals surface area contributed by atoms with E-state index in [2.05, 4.69) is 0 Å². The first kappa shape index (κ1) is 12.5. The van der Waals surface area contributed by atoms with E-state index in [-0.39, 0.29) is 13.2 Å². The van der Waals surface area contributed by atoms with Crippen molar-refractivity contribution < 1.29 is 20.4 Å². The monoisotopic (exact) mass is 214 g/mol. The first-order valence-electron chi connectivity index (χ1n) is 3.53. The van der Waals surface area contributed by atoms with Crippen molar-refractivity contribution in [2.24, 2.45) is 0 Å². The molecule has 0 aromatic carbocycles. The van der Waals surface area contributed by atoms with Gasteiger partial charge in [-0.05, 0) is 0 Å². The fourth-order valence-electron chi connectivity index (χ4n) is 0.359. The van der Waals surface area contributed by atoms with Gasteiger partial charge < -0.3 is 20.4 Å². The lowest BCUT2D eigenvalue weighted by atomic mass is 10.4. The van der Waals surface area contributed by atoms with E-state index in [1.807, 2.05) is 0 Å². The summed E-state index contributed by atoms with van der Waals surface area (Å²) in [7, 11) is 2.73. The van der Waals surface area contributed by atoms with Gasteiger partial charge in [0.1, 0.15) is 0 Å². The molecule has 0 saturated carbocycles. The maximum absolute atomic E-state index is 8.88. The van der Waals surface area contributed by atoms with Crippen LogP contribution >= 0.6 is 21.6 Å². The average Bonchev–Trinajstić information content (AvgIpc) is 2.11. The molecule has 0 rings (SSSR count). The van der Waals surface area contributed by atoms with Crippen molar-refractivity contribution in [3.8, 4) is 0 Å². The highest BCUT2D eigenvalue weighted by molar-refractivity contribution is 8.76. The van der Waals surface area contributed by atoms with E-state index < -0.39 is 12.2 Å². The van der Waals surface area contributed by atoms with E-state index in [1.165, 1.54) is 21.6 Å². The summed E-state index contributed by atoms with van der Waals surface area (Å²) >= 11 is 0. The quantitative estimate of drug-likeness (QED) is 0.324. The van der Waals surface area contributed by atoms with E-state index in [0.717, 1.165) is 0 Å². The van der Waals surface area contributed by atoms with Crippen LogP contribution in [0.2, 0.25) is 0 Å². The minimum atomic E-state index is -0.700. The Morgan fingerprint density at radius 2 is 1.17 bits per heavy atom. The summed E-state index contributed by atoms with van der Waals surface area (Å²) in [6.45, 7) is -0.480. The summed E-state index contributed by atoms with van der Waals surface area (Å²) in [6.07, 6.45) is -1.40. The van der Waals surface area contributed by atoms with Gasteiger partial charge in [-0.25, -0.2) is 0 Å². The van der Waals surface area contributed by atoms with Crippen LogP contribution in [0.5, 0.6) is 0 Å². The minimum Gasteiger partial charge on any atom is -0.394 e. The molecule has 0 bridgehead atoms. The van der Waals surface area contributed by atoms with Gasteiger partial charge in [-0.15, -0.1) is 0 Å². The Morgan fingerprint density at radius 3 is 1.42 bits per heavy atom. The van der Waals surface area contributed by atoms with Gasteiger partial charge in [-0.3, -0.25) is 0 Å². The summed E-state index contributed by atoms with van der Waals surface area (Å²) in [6, 6.07) is 0. The molecule has 0 fully saturated rings. The number of rotatable bonds is 7. The van der Waals surface area contributed by atoms with Crippen LogP contribution in [0, 0.1) is 0 Å². The van der Waals surface area contributed by atoms with E-state index in [9.17, 15) is 0 Å². The van der Waals surface area contributed by atoms with E-state index in [0.29, 0.717) is 11.5 Å². The Hall–Kier alpha value is 0.540. The molecule has 6 heteroatoms. The van der Waals surface area contributed by atoms with Gasteiger partial charge in [0.25, 0.3) is 0 Å². The van der Waals surface area contributed by atoms with Gasteiger partial charge in [0.05, 0.1) is 25.4 Å². The fourth-order valence-corrected chi connectivity index (χ4v) is 2.60. The Balaban J connectivity index is 3.10. The highest BCUT2D eigenvalue weighted by atomic mass is 33.1. The Morgan fingerprint density at radius 1 is 0.833 bits per heavy atom. The highest BCUT2D eigenvalue weighted by Gasteiger charge is 2.04. The van der Waals surface area contributed by atoms with Gasteiger partial charge in [-0.1, -0.05) is 21.6 Å². The van der Waals surface area contributed by atoms with Crippen molar-refractivity contribution >= 4 is 21.6 Å². The molecule has 4 nitrogen and oxygen atoms in total. The smallest absolute Gasteiger partial charge is 0.0869 e. The lowest BCUT2D eigenvalue weighted by Gasteiger charge is -2.07. The first-order valence-corrected chi connectivity index (χ1v) is 6.01. The molecule has 0 aromatic rings. The molecule has 0 heterocycles. The number of hydrogen-bond donors (Lipinski definition) is 4. The van der Waals surface area contributed by atoms with Gasteiger partial charge in [0.15, 0.2) is 0 Å². The zero-order valence-electron chi connectivity index (χ0n) is 6.59. The molecule has 74 valence electrons. The molecule has 0 aliphatic heterocycles. The molecule has 12 heavy (non-hydrogen) atoms. The summed E-state index contributed by atoms with van der Waals surface area (Å²) < 4.78 is 0. The third-order valence-corrected chi connectivity index (χ3v) is 3.55. The largest absolute Gasteiger partial charge is 0.394 e. The van der Waals surface area contributed by atoms with Crippen LogP contribution in [0.1, 0.15) is 0 Å². The summed E-state index contributed by atoms with van der Waals surface area (Å²) in [4.78, 5) is 0. The van der Waals surface area contributed by atoms with Crippen LogP contribution in [0.3, 0.4) is 0 Å². The van der Waals surface area contributed by atoms with Crippen molar-refractivity contribution in [1.29, 1.82) is 0 Å². The molecular weight excluding hydrogens is 200 g/mol. The highest BCUT2D eigenvalue weighted by Crippen LogP contribution is 2.22. The molecule has 0 aliphatic carbocycles. The molecule has 2 unspecified atom stereocenters. The topological polar surface area (TPSA) is 80.9 Å². The molecule has 0 radical (unpaired) electrons.